The Bertz CT molecular complexity index is 181. The summed E-state index contributed by atoms with van der Waals surface area (Å²) in [5.74, 6) is 0.929. The smallest absolute Gasteiger partial charge is 0.0107 e. The van der Waals surface area contributed by atoms with E-state index in [9.17, 15) is 0 Å². The van der Waals surface area contributed by atoms with Crippen LogP contribution in [0.15, 0.2) is 12.2 Å². The molecule has 2 nitrogen and oxygen atoms in total. The molecule has 1 aliphatic heterocycles. The van der Waals surface area contributed by atoms with Gasteiger partial charge in [-0.1, -0.05) is 12.2 Å². The lowest BCUT2D eigenvalue weighted by Crippen LogP contribution is -2.33. The molecule has 0 amide bonds. The number of nitrogens with one attached hydrogen (secondary N) is 1. The lowest BCUT2D eigenvalue weighted by Gasteiger charge is -2.26. The number of allylic oxidation sites excluding steroid dienone is 2. The van der Waals surface area contributed by atoms with Crippen LogP contribution in [0.5, 0.6) is 0 Å². The van der Waals surface area contributed by atoms with Crippen LogP contribution in [-0.2, 0) is 0 Å². The summed E-state index contributed by atoms with van der Waals surface area (Å²) in [7, 11) is 0. The summed E-state index contributed by atoms with van der Waals surface area (Å²) in [4.78, 5) is 2.64. The Balaban J connectivity index is 1.74. The van der Waals surface area contributed by atoms with E-state index in [2.05, 4.69) is 22.4 Å². The monoisotopic (exact) mass is 194 g/mol. The molecule has 1 N–H and O–H groups in total. The first-order valence-electron chi connectivity index (χ1n) is 6.03. The van der Waals surface area contributed by atoms with E-state index in [1.807, 2.05) is 0 Å². The van der Waals surface area contributed by atoms with Crippen LogP contribution >= 0.6 is 0 Å². The van der Waals surface area contributed by atoms with Gasteiger partial charge in [0.2, 0.25) is 0 Å². The first-order valence-corrected chi connectivity index (χ1v) is 6.03. The first kappa shape index (κ1) is 10.2. The largest absolute Gasteiger partial charge is 0.315 e. The van der Waals surface area contributed by atoms with Gasteiger partial charge in [-0.25, -0.2) is 0 Å². The van der Waals surface area contributed by atoms with Gasteiger partial charge in [0.25, 0.3) is 0 Å². The Morgan fingerprint density at radius 3 is 3.07 bits per heavy atom. The predicted octanol–water partition coefficient (Wildman–Crippen LogP) is 1.64. The zero-order valence-electron chi connectivity index (χ0n) is 9.04. The van der Waals surface area contributed by atoms with Crippen LogP contribution in [0.1, 0.15) is 25.7 Å². The van der Waals surface area contributed by atoms with Crippen molar-refractivity contribution in [3.63, 3.8) is 0 Å². The Morgan fingerprint density at radius 2 is 2.21 bits per heavy atom. The summed E-state index contributed by atoms with van der Waals surface area (Å²) in [6.07, 6.45) is 10.0. The van der Waals surface area contributed by atoms with E-state index < -0.39 is 0 Å². The molecule has 1 unspecified atom stereocenters. The van der Waals surface area contributed by atoms with E-state index in [1.54, 1.807) is 0 Å². The van der Waals surface area contributed by atoms with E-state index >= 15 is 0 Å². The standard InChI is InChI=1S/C12H22N2/c1-2-5-12(6-3-1)11-14-9-4-7-13-8-10-14/h1-2,12-13H,3-11H2. The van der Waals surface area contributed by atoms with E-state index in [-0.39, 0.29) is 0 Å². The average Bonchev–Trinajstić information content (AvgIpc) is 2.48. The molecule has 0 bridgehead atoms. The molecule has 2 rings (SSSR count). The minimum atomic E-state index is 0.929. The van der Waals surface area contributed by atoms with Crippen LogP contribution < -0.4 is 5.32 Å². The Hall–Kier alpha value is -0.340. The molecule has 1 aliphatic carbocycles. The number of nitrogens with zero attached hydrogens (tertiary/aromatic N) is 1. The molecule has 2 heteroatoms. The predicted molar refractivity (Wildman–Crippen MR) is 60.4 cm³/mol. The van der Waals surface area contributed by atoms with Crippen molar-refractivity contribution in [3.05, 3.63) is 12.2 Å². The van der Waals surface area contributed by atoms with E-state index in [0.717, 1.165) is 5.92 Å². The molecule has 0 aromatic heterocycles. The summed E-state index contributed by atoms with van der Waals surface area (Å²) in [6, 6.07) is 0. The fourth-order valence-corrected chi connectivity index (χ4v) is 2.47. The van der Waals surface area contributed by atoms with Crippen molar-refractivity contribution in [2.75, 3.05) is 32.7 Å². The Kier molecular flexibility index (Phi) is 4.02. The second-order valence-electron chi connectivity index (χ2n) is 4.55. The van der Waals surface area contributed by atoms with Gasteiger partial charge in [-0.3, -0.25) is 0 Å². The lowest BCUT2D eigenvalue weighted by molar-refractivity contribution is 0.235. The molecule has 0 aromatic rings. The molecule has 0 aromatic carbocycles. The molecular weight excluding hydrogens is 172 g/mol. The third kappa shape index (κ3) is 3.10. The van der Waals surface area contributed by atoms with E-state index in [4.69, 9.17) is 0 Å². The molecule has 2 aliphatic rings. The topological polar surface area (TPSA) is 15.3 Å². The SMILES string of the molecule is C1=CCC(CN2CCCNCC2)CC1. The molecule has 1 fully saturated rings. The minimum Gasteiger partial charge on any atom is -0.315 e. The molecule has 80 valence electrons. The molecule has 14 heavy (non-hydrogen) atoms. The van der Waals surface area contributed by atoms with Gasteiger partial charge in [0, 0.05) is 19.6 Å². The van der Waals surface area contributed by atoms with Crippen molar-refractivity contribution in [2.45, 2.75) is 25.7 Å². The summed E-state index contributed by atoms with van der Waals surface area (Å²) in [5, 5.41) is 3.46. The zero-order valence-corrected chi connectivity index (χ0v) is 9.04. The fourth-order valence-electron chi connectivity index (χ4n) is 2.47. The second-order valence-corrected chi connectivity index (χ2v) is 4.55. The summed E-state index contributed by atoms with van der Waals surface area (Å²) >= 11 is 0. The molecule has 0 saturated carbocycles. The van der Waals surface area contributed by atoms with Crippen molar-refractivity contribution in [1.29, 1.82) is 0 Å². The van der Waals surface area contributed by atoms with Gasteiger partial charge in [0.15, 0.2) is 0 Å². The first-order chi connectivity index (χ1) is 6.95. The lowest BCUT2D eigenvalue weighted by atomic mass is 9.94. The van der Waals surface area contributed by atoms with E-state index in [1.165, 1.54) is 58.4 Å². The highest BCUT2D eigenvalue weighted by molar-refractivity contribution is 4.91. The van der Waals surface area contributed by atoms with Gasteiger partial charge in [-0.15, -0.1) is 0 Å². The Morgan fingerprint density at radius 1 is 1.21 bits per heavy atom. The van der Waals surface area contributed by atoms with Crippen LogP contribution in [0.4, 0.5) is 0 Å². The summed E-state index contributed by atoms with van der Waals surface area (Å²) in [5.41, 5.74) is 0. The quantitative estimate of drug-likeness (QED) is 0.672. The zero-order chi connectivity index (χ0) is 9.64. The fraction of sp³-hybridized carbons (Fsp3) is 0.833. The van der Waals surface area contributed by atoms with Crippen LogP contribution in [0.2, 0.25) is 0 Å². The van der Waals surface area contributed by atoms with Crippen molar-refractivity contribution in [3.8, 4) is 0 Å². The maximum absolute atomic E-state index is 3.46. The van der Waals surface area contributed by atoms with Crippen LogP contribution in [-0.4, -0.2) is 37.6 Å². The highest BCUT2D eigenvalue weighted by Crippen LogP contribution is 2.19. The van der Waals surface area contributed by atoms with Crippen molar-refractivity contribution < 1.29 is 0 Å². The molecule has 0 spiro atoms. The maximum Gasteiger partial charge on any atom is 0.0107 e. The second kappa shape index (κ2) is 5.52. The van der Waals surface area contributed by atoms with Crippen molar-refractivity contribution >= 4 is 0 Å². The third-order valence-corrected chi connectivity index (χ3v) is 3.33. The molecule has 1 atom stereocenters. The van der Waals surface area contributed by atoms with Gasteiger partial charge in [-0.05, 0) is 44.7 Å². The highest BCUT2D eigenvalue weighted by atomic mass is 15.1. The van der Waals surface area contributed by atoms with Crippen molar-refractivity contribution in [1.82, 2.24) is 10.2 Å². The number of rotatable bonds is 2. The van der Waals surface area contributed by atoms with Gasteiger partial charge in [-0.2, -0.15) is 0 Å². The maximum atomic E-state index is 3.46. The third-order valence-electron chi connectivity index (χ3n) is 3.33. The molecule has 1 heterocycles. The van der Waals surface area contributed by atoms with Crippen LogP contribution in [0, 0.1) is 5.92 Å². The summed E-state index contributed by atoms with van der Waals surface area (Å²) < 4.78 is 0. The number of hydrogen-bond donors (Lipinski definition) is 1. The van der Waals surface area contributed by atoms with Crippen LogP contribution in [0.25, 0.3) is 0 Å². The van der Waals surface area contributed by atoms with E-state index in [0.29, 0.717) is 0 Å². The molecule has 0 radical (unpaired) electrons. The summed E-state index contributed by atoms with van der Waals surface area (Å²) in [6.45, 7) is 6.27. The molecule has 1 saturated heterocycles. The van der Waals surface area contributed by atoms with Gasteiger partial charge in [0.1, 0.15) is 0 Å². The average molecular weight is 194 g/mol. The number of hydrogen-bond acceptors (Lipinski definition) is 2. The minimum absolute atomic E-state index is 0.929. The van der Waals surface area contributed by atoms with Gasteiger partial charge >= 0.3 is 0 Å². The normalized spacial score (nSPS) is 30.1. The van der Waals surface area contributed by atoms with Gasteiger partial charge in [0.05, 0.1) is 0 Å². The highest BCUT2D eigenvalue weighted by Gasteiger charge is 2.15. The Labute approximate surface area is 87.4 Å². The molecular formula is C12H22N2. The van der Waals surface area contributed by atoms with Gasteiger partial charge < -0.3 is 10.2 Å². The van der Waals surface area contributed by atoms with Crippen molar-refractivity contribution in [2.24, 2.45) is 5.92 Å². The van der Waals surface area contributed by atoms with Crippen LogP contribution in [0.3, 0.4) is 0 Å².